The zero-order valence-electron chi connectivity index (χ0n) is 11.3. The third-order valence-corrected chi connectivity index (χ3v) is 4.35. The molecule has 1 unspecified atom stereocenters. The molecule has 0 spiro atoms. The maximum Gasteiger partial charge on any atom is 0.0488 e. The Kier molecular flexibility index (Phi) is 5.77. The van der Waals surface area contributed by atoms with Crippen LogP contribution in [0.2, 0.25) is 0 Å². The van der Waals surface area contributed by atoms with Crippen molar-refractivity contribution in [2.45, 2.75) is 52.9 Å². The van der Waals surface area contributed by atoms with E-state index >= 15 is 0 Å². The van der Waals surface area contributed by atoms with E-state index in [0.29, 0.717) is 6.61 Å². The standard InChI is InChI=1S/C14H29NO/c1-4-6-13(3)11-15-9-7-14(5-2,12-16)8-10-15/h13,16H,4-12H2,1-3H3. The van der Waals surface area contributed by atoms with Crippen molar-refractivity contribution < 1.29 is 5.11 Å². The van der Waals surface area contributed by atoms with Gasteiger partial charge < -0.3 is 10.0 Å². The first-order valence-corrected chi connectivity index (χ1v) is 6.99. The summed E-state index contributed by atoms with van der Waals surface area (Å²) >= 11 is 0. The van der Waals surface area contributed by atoms with Crippen LogP contribution in [0.3, 0.4) is 0 Å². The van der Waals surface area contributed by atoms with Gasteiger partial charge in [0.25, 0.3) is 0 Å². The van der Waals surface area contributed by atoms with E-state index < -0.39 is 0 Å². The zero-order chi connectivity index (χ0) is 12.0. The molecule has 0 aliphatic carbocycles. The van der Waals surface area contributed by atoms with Crippen molar-refractivity contribution in [3.63, 3.8) is 0 Å². The molecule has 0 radical (unpaired) electrons. The van der Waals surface area contributed by atoms with Crippen molar-refractivity contribution in [2.24, 2.45) is 11.3 Å². The van der Waals surface area contributed by atoms with E-state index in [0.717, 1.165) is 12.3 Å². The molecule has 1 rings (SSSR count). The summed E-state index contributed by atoms with van der Waals surface area (Å²) in [5.74, 6) is 0.827. The molecule has 1 atom stereocenters. The van der Waals surface area contributed by atoms with Gasteiger partial charge in [0.15, 0.2) is 0 Å². The van der Waals surface area contributed by atoms with Gasteiger partial charge >= 0.3 is 0 Å². The first-order valence-electron chi connectivity index (χ1n) is 6.99. The predicted octanol–water partition coefficient (Wildman–Crippen LogP) is 2.91. The number of rotatable bonds is 6. The molecule has 0 aromatic carbocycles. The summed E-state index contributed by atoms with van der Waals surface area (Å²) < 4.78 is 0. The molecule has 0 aromatic rings. The van der Waals surface area contributed by atoms with Gasteiger partial charge in [-0.15, -0.1) is 0 Å². The number of nitrogens with zero attached hydrogens (tertiary/aromatic N) is 1. The van der Waals surface area contributed by atoms with Gasteiger partial charge in [-0.1, -0.05) is 27.2 Å². The lowest BCUT2D eigenvalue weighted by atomic mass is 9.77. The molecule has 16 heavy (non-hydrogen) atoms. The lowest BCUT2D eigenvalue weighted by Crippen LogP contribution is -2.43. The number of hydrogen-bond donors (Lipinski definition) is 1. The van der Waals surface area contributed by atoms with Crippen LogP contribution in [0, 0.1) is 11.3 Å². The summed E-state index contributed by atoms with van der Waals surface area (Å²) in [5.41, 5.74) is 0.241. The Hall–Kier alpha value is -0.0800. The van der Waals surface area contributed by atoms with Crippen LogP contribution in [0.5, 0.6) is 0 Å². The maximum atomic E-state index is 9.48. The molecule has 1 aliphatic rings. The lowest BCUT2D eigenvalue weighted by molar-refractivity contribution is 0.0359. The molecule has 2 nitrogen and oxygen atoms in total. The topological polar surface area (TPSA) is 23.5 Å². The van der Waals surface area contributed by atoms with Gasteiger partial charge in [-0.25, -0.2) is 0 Å². The molecule has 0 aromatic heterocycles. The Morgan fingerprint density at radius 1 is 1.25 bits per heavy atom. The quantitative estimate of drug-likeness (QED) is 0.754. The molecule has 1 heterocycles. The smallest absolute Gasteiger partial charge is 0.0488 e. The Labute approximate surface area is 101 Å². The number of hydrogen-bond acceptors (Lipinski definition) is 2. The molecule has 96 valence electrons. The molecule has 0 amide bonds. The number of likely N-dealkylation sites (tertiary alicyclic amines) is 1. The molecule has 1 fully saturated rings. The number of aliphatic hydroxyl groups excluding tert-OH is 1. The van der Waals surface area contributed by atoms with Crippen LogP contribution in [-0.4, -0.2) is 36.2 Å². The SMILES string of the molecule is CCCC(C)CN1CCC(CC)(CO)CC1. The summed E-state index contributed by atoms with van der Waals surface area (Å²) in [7, 11) is 0. The summed E-state index contributed by atoms with van der Waals surface area (Å²) in [4.78, 5) is 2.59. The lowest BCUT2D eigenvalue weighted by Gasteiger charge is -2.41. The maximum absolute atomic E-state index is 9.48. The highest BCUT2D eigenvalue weighted by Gasteiger charge is 2.32. The van der Waals surface area contributed by atoms with E-state index in [9.17, 15) is 5.11 Å². The van der Waals surface area contributed by atoms with E-state index in [2.05, 4.69) is 25.7 Å². The van der Waals surface area contributed by atoms with Crippen molar-refractivity contribution in [3.8, 4) is 0 Å². The van der Waals surface area contributed by atoms with Gasteiger partial charge in [0.05, 0.1) is 0 Å². The minimum atomic E-state index is 0.241. The van der Waals surface area contributed by atoms with Crippen LogP contribution in [-0.2, 0) is 0 Å². The van der Waals surface area contributed by atoms with Gasteiger partial charge in [0.2, 0.25) is 0 Å². The predicted molar refractivity (Wildman–Crippen MR) is 69.6 cm³/mol. The van der Waals surface area contributed by atoms with E-state index in [1.165, 1.54) is 45.3 Å². The van der Waals surface area contributed by atoms with Crippen LogP contribution < -0.4 is 0 Å². The highest BCUT2D eigenvalue weighted by Crippen LogP contribution is 2.34. The summed E-state index contributed by atoms with van der Waals surface area (Å²) in [5, 5.41) is 9.48. The first-order chi connectivity index (χ1) is 7.65. The number of aliphatic hydroxyl groups is 1. The second-order valence-electron chi connectivity index (χ2n) is 5.71. The molecule has 1 aliphatic heterocycles. The molecule has 0 bridgehead atoms. The largest absolute Gasteiger partial charge is 0.396 e. The molecule has 1 saturated heterocycles. The van der Waals surface area contributed by atoms with Crippen molar-refractivity contribution in [2.75, 3.05) is 26.2 Å². The molecule has 1 N–H and O–H groups in total. The highest BCUT2D eigenvalue weighted by molar-refractivity contribution is 4.84. The van der Waals surface area contributed by atoms with Gasteiger partial charge in [0, 0.05) is 13.2 Å². The van der Waals surface area contributed by atoms with Crippen molar-refractivity contribution >= 4 is 0 Å². The van der Waals surface area contributed by atoms with E-state index in [-0.39, 0.29) is 5.41 Å². The third kappa shape index (κ3) is 3.74. The second kappa shape index (κ2) is 6.61. The Morgan fingerprint density at radius 2 is 1.88 bits per heavy atom. The van der Waals surface area contributed by atoms with Crippen molar-refractivity contribution in [1.29, 1.82) is 0 Å². The normalized spacial score (nSPS) is 23.2. The van der Waals surface area contributed by atoms with Gasteiger partial charge in [-0.05, 0) is 50.1 Å². The van der Waals surface area contributed by atoms with E-state index in [1.54, 1.807) is 0 Å². The van der Waals surface area contributed by atoms with Crippen LogP contribution in [0.1, 0.15) is 52.9 Å². The summed E-state index contributed by atoms with van der Waals surface area (Å²) in [6.45, 7) is 10.8. The monoisotopic (exact) mass is 227 g/mol. The summed E-state index contributed by atoms with van der Waals surface area (Å²) in [6.07, 6.45) is 6.12. The fraction of sp³-hybridized carbons (Fsp3) is 1.00. The minimum Gasteiger partial charge on any atom is -0.396 e. The molecular weight excluding hydrogens is 198 g/mol. The van der Waals surface area contributed by atoms with Crippen molar-refractivity contribution in [3.05, 3.63) is 0 Å². The molecule has 2 heteroatoms. The average molecular weight is 227 g/mol. The zero-order valence-corrected chi connectivity index (χ0v) is 11.3. The van der Waals surface area contributed by atoms with Crippen LogP contribution in [0.4, 0.5) is 0 Å². The Balaban J connectivity index is 2.31. The van der Waals surface area contributed by atoms with E-state index in [1.807, 2.05) is 0 Å². The molecular formula is C14H29NO. The van der Waals surface area contributed by atoms with Gasteiger partial charge in [0.1, 0.15) is 0 Å². The fourth-order valence-electron chi connectivity index (χ4n) is 2.86. The van der Waals surface area contributed by atoms with Crippen LogP contribution in [0.15, 0.2) is 0 Å². The van der Waals surface area contributed by atoms with Crippen LogP contribution >= 0.6 is 0 Å². The average Bonchev–Trinajstić information content (AvgIpc) is 2.31. The molecule has 0 saturated carbocycles. The highest BCUT2D eigenvalue weighted by atomic mass is 16.3. The van der Waals surface area contributed by atoms with Gasteiger partial charge in [-0.2, -0.15) is 0 Å². The van der Waals surface area contributed by atoms with Gasteiger partial charge in [-0.3, -0.25) is 0 Å². The second-order valence-corrected chi connectivity index (χ2v) is 5.71. The van der Waals surface area contributed by atoms with Crippen LogP contribution in [0.25, 0.3) is 0 Å². The van der Waals surface area contributed by atoms with E-state index in [4.69, 9.17) is 0 Å². The third-order valence-electron chi connectivity index (χ3n) is 4.35. The summed E-state index contributed by atoms with van der Waals surface area (Å²) in [6, 6.07) is 0. The Morgan fingerprint density at radius 3 is 2.31 bits per heavy atom. The van der Waals surface area contributed by atoms with Crippen molar-refractivity contribution in [1.82, 2.24) is 4.90 Å². The number of piperidine rings is 1. The Bertz CT molecular complexity index is 179. The fourth-order valence-corrected chi connectivity index (χ4v) is 2.86. The minimum absolute atomic E-state index is 0.241. The first kappa shape index (κ1) is 14.0.